The molecular formula is C20H22N2O3. The zero-order valence-electron chi connectivity index (χ0n) is 14.3. The van der Waals surface area contributed by atoms with Crippen molar-refractivity contribution in [3.8, 4) is 5.75 Å². The van der Waals surface area contributed by atoms with E-state index in [1.54, 1.807) is 7.11 Å². The Morgan fingerprint density at radius 3 is 2.32 bits per heavy atom. The number of methoxy groups -OCH3 is 1. The number of benzene rings is 2. The Morgan fingerprint density at radius 1 is 1.00 bits per heavy atom. The lowest BCUT2D eigenvalue weighted by molar-refractivity contribution is -0.121. The maximum Gasteiger partial charge on any atom is 0.253 e. The summed E-state index contributed by atoms with van der Waals surface area (Å²) in [6.45, 7) is 1.19. The van der Waals surface area contributed by atoms with Crippen molar-refractivity contribution in [3.05, 3.63) is 60.2 Å². The van der Waals surface area contributed by atoms with Crippen LogP contribution >= 0.6 is 0 Å². The molecule has 1 fully saturated rings. The average Bonchev–Trinajstić information content (AvgIpc) is 2.68. The lowest BCUT2D eigenvalue weighted by atomic mass is 9.95. The van der Waals surface area contributed by atoms with Crippen LogP contribution in [0.15, 0.2) is 54.6 Å². The van der Waals surface area contributed by atoms with Gasteiger partial charge in [-0.3, -0.25) is 9.59 Å². The van der Waals surface area contributed by atoms with Gasteiger partial charge in [0.25, 0.3) is 5.91 Å². The van der Waals surface area contributed by atoms with Gasteiger partial charge in [-0.25, -0.2) is 0 Å². The van der Waals surface area contributed by atoms with Crippen LogP contribution in [-0.4, -0.2) is 36.9 Å². The van der Waals surface area contributed by atoms with E-state index in [9.17, 15) is 9.59 Å². The van der Waals surface area contributed by atoms with E-state index < -0.39 is 0 Å². The van der Waals surface area contributed by atoms with Gasteiger partial charge < -0.3 is 15.0 Å². The van der Waals surface area contributed by atoms with Gasteiger partial charge in [-0.15, -0.1) is 0 Å². The molecule has 3 rings (SSSR count). The minimum Gasteiger partial charge on any atom is -0.495 e. The van der Waals surface area contributed by atoms with Gasteiger partial charge in [0.05, 0.1) is 12.8 Å². The number of rotatable bonds is 4. The van der Waals surface area contributed by atoms with Crippen molar-refractivity contribution in [2.45, 2.75) is 12.8 Å². The molecule has 5 nitrogen and oxygen atoms in total. The number of nitrogens with one attached hydrogen (secondary N) is 1. The first kappa shape index (κ1) is 17.0. The molecule has 2 aromatic rings. The van der Waals surface area contributed by atoms with Gasteiger partial charge in [0.1, 0.15) is 5.75 Å². The number of nitrogens with zero attached hydrogens (tertiary/aromatic N) is 1. The van der Waals surface area contributed by atoms with Crippen LogP contribution in [0, 0.1) is 5.92 Å². The number of hydrogen-bond donors (Lipinski definition) is 1. The van der Waals surface area contributed by atoms with Crippen molar-refractivity contribution in [2.24, 2.45) is 5.92 Å². The lowest BCUT2D eigenvalue weighted by Gasteiger charge is -2.31. The largest absolute Gasteiger partial charge is 0.495 e. The summed E-state index contributed by atoms with van der Waals surface area (Å²) >= 11 is 0. The maximum atomic E-state index is 12.5. The molecule has 0 saturated carbocycles. The van der Waals surface area contributed by atoms with Gasteiger partial charge >= 0.3 is 0 Å². The fourth-order valence-electron chi connectivity index (χ4n) is 3.09. The third-order valence-electron chi connectivity index (χ3n) is 4.54. The fourth-order valence-corrected chi connectivity index (χ4v) is 3.09. The molecule has 0 aromatic heterocycles. The van der Waals surface area contributed by atoms with Crippen LogP contribution in [-0.2, 0) is 4.79 Å². The van der Waals surface area contributed by atoms with E-state index in [1.165, 1.54) is 0 Å². The van der Waals surface area contributed by atoms with E-state index in [-0.39, 0.29) is 17.7 Å². The van der Waals surface area contributed by atoms with Crippen molar-refractivity contribution in [1.82, 2.24) is 4.90 Å². The Bertz CT molecular complexity index is 738. The van der Waals surface area contributed by atoms with Crippen molar-refractivity contribution < 1.29 is 14.3 Å². The number of amides is 2. The number of carbonyl (C=O) groups excluding carboxylic acids is 2. The van der Waals surface area contributed by atoms with Crippen LogP contribution in [0.4, 0.5) is 5.69 Å². The van der Waals surface area contributed by atoms with E-state index in [0.717, 1.165) is 0 Å². The highest BCUT2D eigenvalue weighted by atomic mass is 16.5. The molecule has 1 saturated heterocycles. The van der Waals surface area contributed by atoms with Crippen LogP contribution < -0.4 is 10.1 Å². The topological polar surface area (TPSA) is 58.6 Å². The Hall–Kier alpha value is -2.82. The van der Waals surface area contributed by atoms with Crippen LogP contribution in [0.25, 0.3) is 0 Å². The Balaban J connectivity index is 1.57. The lowest BCUT2D eigenvalue weighted by Crippen LogP contribution is -2.41. The molecule has 25 heavy (non-hydrogen) atoms. The molecule has 5 heteroatoms. The van der Waals surface area contributed by atoms with Gasteiger partial charge in [-0.2, -0.15) is 0 Å². The fraction of sp³-hybridized carbons (Fsp3) is 0.300. The first-order valence-corrected chi connectivity index (χ1v) is 8.47. The molecule has 1 heterocycles. The van der Waals surface area contributed by atoms with E-state index >= 15 is 0 Å². The highest BCUT2D eigenvalue weighted by Crippen LogP contribution is 2.26. The summed E-state index contributed by atoms with van der Waals surface area (Å²) in [5.74, 6) is 0.567. The van der Waals surface area contributed by atoms with Gasteiger partial charge in [0.2, 0.25) is 5.91 Å². The van der Waals surface area contributed by atoms with Crippen LogP contribution in [0.1, 0.15) is 23.2 Å². The predicted octanol–water partition coefficient (Wildman–Crippen LogP) is 3.19. The summed E-state index contributed by atoms with van der Waals surface area (Å²) < 4.78 is 5.26. The number of carbonyl (C=O) groups is 2. The summed E-state index contributed by atoms with van der Waals surface area (Å²) in [5.41, 5.74) is 1.37. The molecule has 0 bridgehead atoms. The zero-order valence-corrected chi connectivity index (χ0v) is 14.3. The SMILES string of the molecule is COc1ccccc1NC(=O)C1CCN(C(=O)c2ccccc2)CC1. The quantitative estimate of drug-likeness (QED) is 0.931. The second-order valence-corrected chi connectivity index (χ2v) is 6.12. The number of likely N-dealkylation sites (tertiary alicyclic amines) is 1. The smallest absolute Gasteiger partial charge is 0.253 e. The summed E-state index contributed by atoms with van der Waals surface area (Å²) in [7, 11) is 1.58. The monoisotopic (exact) mass is 338 g/mol. The first-order chi connectivity index (χ1) is 12.2. The molecule has 130 valence electrons. The standard InChI is InChI=1S/C20H22N2O3/c1-25-18-10-6-5-9-17(18)21-19(23)15-11-13-22(14-12-15)20(24)16-7-3-2-4-8-16/h2-10,15H,11-14H2,1H3,(H,21,23). The van der Waals surface area contributed by atoms with E-state index in [4.69, 9.17) is 4.74 Å². The number of para-hydroxylation sites is 2. The minimum absolute atomic E-state index is 0.0173. The molecular weight excluding hydrogens is 316 g/mol. The summed E-state index contributed by atoms with van der Waals surface area (Å²) in [6.07, 6.45) is 1.33. The molecule has 1 aliphatic rings. The molecule has 0 aliphatic carbocycles. The number of hydrogen-bond acceptors (Lipinski definition) is 3. The molecule has 0 radical (unpaired) electrons. The number of anilines is 1. The summed E-state index contributed by atoms with van der Waals surface area (Å²) in [5, 5.41) is 2.94. The highest BCUT2D eigenvalue weighted by molar-refractivity contribution is 5.95. The van der Waals surface area contributed by atoms with E-state index in [0.29, 0.717) is 42.9 Å². The van der Waals surface area contributed by atoms with Gasteiger partial charge in [-0.05, 0) is 37.1 Å². The molecule has 2 aromatic carbocycles. The Labute approximate surface area is 147 Å². The van der Waals surface area contributed by atoms with Crippen molar-refractivity contribution in [3.63, 3.8) is 0 Å². The average molecular weight is 338 g/mol. The highest BCUT2D eigenvalue weighted by Gasteiger charge is 2.28. The number of piperidine rings is 1. The molecule has 0 spiro atoms. The molecule has 2 amide bonds. The van der Waals surface area contributed by atoms with Crippen LogP contribution in [0.2, 0.25) is 0 Å². The van der Waals surface area contributed by atoms with E-state index in [2.05, 4.69) is 5.32 Å². The summed E-state index contributed by atoms with van der Waals surface area (Å²) in [6, 6.07) is 16.6. The summed E-state index contributed by atoms with van der Waals surface area (Å²) in [4.78, 5) is 26.8. The Morgan fingerprint density at radius 2 is 1.64 bits per heavy atom. The van der Waals surface area contributed by atoms with Crippen molar-refractivity contribution in [2.75, 3.05) is 25.5 Å². The second kappa shape index (κ2) is 7.83. The molecule has 1 N–H and O–H groups in total. The predicted molar refractivity (Wildman–Crippen MR) is 96.7 cm³/mol. The number of ether oxygens (including phenoxy) is 1. The van der Waals surface area contributed by atoms with Gasteiger partial charge in [0, 0.05) is 24.6 Å². The van der Waals surface area contributed by atoms with Crippen LogP contribution in [0.5, 0.6) is 5.75 Å². The molecule has 0 atom stereocenters. The van der Waals surface area contributed by atoms with E-state index in [1.807, 2.05) is 59.5 Å². The van der Waals surface area contributed by atoms with Gasteiger partial charge in [-0.1, -0.05) is 30.3 Å². The first-order valence-electron chi connectivity index (χ1n) is 8.47. The molecule has 0 unspecified atom stereocenters. The Kier molecular flexibility index (Phi) is 5.33. The minimum atomic E-state index is -0.0928. The van der Waals surface area contributed by atoms with Crippen molar-refractivity contribution in [1.29, 1.82) is 0 Å². The normalized spacial score (nSPS) is 14.8. The van der Waals surface area contributed by atoms with Crippen LogP contribution in [0.3, 0.4) is 0 Å². The maximum absolute atomic E-state index is 12.5. The van der Waals surface area contributed by atoms with Gasteiger partial charge in [0.15, 0.2) is 0 Å². The zero-order chi connectivity index (χ0) is 17.6. The molecule has 1 aliphatic heterocycles. The third kappa shape index (κ3) is 3.99. The third-order valence-corrected chi connectivity index (χ3v) is 4.54. The second-order valence-electron chi connectivity index (χ2n) is 6.12. The van der Waals surface area contributed by atoms with Crippen molar-refractivity contribution >= 4 is 17.5 Å².